The zero-order valence-electron chi connectivity index (χ0n) is 15.5. The minimum absolute atomic E-state index is 0.0974. The van der Waals surface area contributed by atoms with Crippen LogP contribution in [0.15, 0.2) is 59.1 Å². The first-order chi connectivity index (χ1) is 13.7. The van der Waals surface area contributed by atoms with Crippen molar-refractivity contribution in [1.82, 2.24) is 15.1 Å². The highest BCUT2D eigenvalue weighted by Crippen LogP contribution is 2.29. The summed E-state index contributed by atoms with van der Waals surface area (Å²) in [7, 11) is 0. The Balaban J connectivity index is 1.46. The number of alkyl carbamates (subject to hydrolysis) is 1. The largest absolute Gasteiger partial charge is 0.459 e. The van der Waals surface area contributed by atoms with Gasteiger partial charge in [0.1, 0.15) is 24.6 Å². The van der Waals surface area contributed by atoms with Gasteiger partial charge >= 0.3 is 6.09 Å². The number of amides is 1. The van der Waals surface area contributed by atoms with Crippen LogP contribution in [-0.2, 0) is 18.0 Å². The fourth-order valence-electron chi connectivity index (χ4n) is 3.21. The Labute approximate surface area is 161 Å². The highest BCUT2D eigenvalue weighted by Gasteiger charge is 2.16. The second-order valence-corrected chi connectivity index (χ2v) is 6.67. The summed E-state index contributed by atoms with van der Waals surface area (Å²) in [6.45, 7) is 2.40. The molecular formula is C21H21N3O4. The lowest BCUT2D eigenvalue weighted by molar-refractivity contribution is 0.138. The number of rotatable bonds is 6. The van der Waals surface area contributed by atoms with Gasteiger partial charge in [-0.15, -0.1) is 0 Å². The molecule has 28 heavy (non-hydrogen) atoms. The number of benzene rings is 2. The number of fused-ring (bicyclic) bond motifs is 3. The molecule has 2 N–H and O–H groups in total. The molecule has 7 heteroatoms. The maximum atomic E-state index is 12.0. The Kier molecular flexibility index (Phi) is 4.99. The number of aliphatic hydroxyl groups is 1. The van der Waals surface area contributed by atoms with Gasteiger partial charge in [-0.1, -0.05) is 30.3 Å². The molecule has 0 saturated carbocycles. The van der Waals surface area contributed by atoms with E-state index in [4.69, 9.17) is 9.15 Å². The van der Waals surface area contributed by atoms with Gasteiger partial charge in [0.15, 0.2) is 0 Å². The van der Waals surface area contributed by atoms with Crippen molar-refractivity contribution < 1.29 is 19.1 Å². The van der Waals surface area contributed by atoms with Crippen LogP contribution in [0, 0.1) is 0 Å². The molecule has 0 fully saturated rings. The van der Waals surface area contributed by atoms with E-state index in [2.05, 4.69) is 10.4 Å². The minimum atomic E-state index is -0.469. The minimum Gasteiger partial charge on any atom is -0.459 e. The van der Waals surface area contributed by atoms with Crippen molar-refractivity contribution in [1.29, 1.82) is 0 Å². The number of hydrogen-bond acceptors (Lipinski definition) is 5. The molecule has 1 atom stereocenters. The molecule has 0 aliphatic carbocycles. The van der Waals surface area contributed by atoms with Gasteiger partial charge < -0.3 is 19.6 Å². The molecule has 4 rings (SSSR count). The molecule has 0 radical (unpaired) electrons. The Morgan fingerprint density at radius 2 is 2.11 bits per heavy atom. The molecule has 0 aliphatic heterocycles. The van der Waals surface area contributed by atoms with Crippen LogP contribution in [0.3, 0.4) is 0 Å². The van der Waals surface area contributed by atoms with Crippen LogP contribution in [-0.4, -0.2) is 27.5 Å². The number of hydrogen-bond donors (Lipinski definition) is 2. The normalized spacial score (nSPS) is 12.4. The van der Waals surface area contributed by atoms with Gasteiger partial charge in [0, 0.05) is 17.3 Å². The van der Waals surface area contributed by atoms with Crippen molar-refractivity contribution in [3.63, 3.8) is 0 Å². The molecule has 0 aliphatic rings. The molecule has 0 unspecified atom stereocenters. The Morgan fingerprint density at radius 3 is 2.89 bits per heavy atom. The van der Waals surface area contributed by atoms with Crippen molar-refractivity contribution in [3.8, 4) is 0 Å². The number of carbonyl (C=O) groups excluding carboxylic acids is 1. The molecule has 144 valence electrons. The molecule has 2 aromatic carbocycles. The fraction of sp³-hybridized carbons (Fsp3) is 0.238. The molecule has 0 bridgehead atoms. The summed E-state index contributed by atoms with van der Waals surface area (Å²) in [4.78, 5) is 12.0. The van der Waals surface area contributed by atoms with E-state index in [1.807, 2.05) is 60.1 Å². The molecule has 2 heterocycles. The predicted octanol–water partition coefficient (Wildman–Crippen LogP) is 3.76. The van der Waals surface area contributed by atoms with Crippen molar-refractivity contribution in [2.45, 2.75) is 26.2 Å². The lowest BCUT2D eigenvalue weighted by atomic mass is 10.1. The number of nitrogens with zero attached hydrogens (tertiary/aromatic N) is 2. The van der Waals surface area contributed by atoms with E-state index in [1.54, 1.807) is 6.20 Å². The van der Waals surface area contributed by atoms with Crippen molar-refractivity contribution in [2.24, 2.45) is 0 Å². The van der Waals surface area contributed by atoms with E-state index in [0.717, 1.165) is 21.9 Å². The molecule has 4 aromatic rings. The first-order valence-corrected chi connectivity index (χ1v) is 9.10. The van der Waals surface area contributed by atoms with Crippen LogP contribution < -0.4 is 5.32 Å². The molecule has 2 aromatic heterocycles. The van der Waals surface area contributed by atoms with Gasteiger partial charge in [0.2, 0.25) is 0 Å². The van der Waals surface area contributed by atoms with E-state index in [-0.39, 0.29) is 19.3 Å². The van der Waals surface area contributed by atoms with Crippen LogP contribution in [0.1, 0.15) is 24.3 Å². The van der Waals surface area contributed by atoms with E-state index < -0.39 is 6.09 Å². The average molecular weight is 379 g/mol. The van der Waals surface area contributed by atoms with Gasteiger partial charge in [-0.05, 0) is 30.7 Å². The third kappa shape index (κ3) is 3.57. The zero-order chi connectivity index (χ0) is 19.5. The Hall–Kier alpha value is -3.32. The fourth-order valence-corrected chi connectivity index (χ4v) is 3.21. The summed E-state index contributed by atoms with van der Waals surface area (Å²) in [5.41, 5.74) is 2.54. The standard InChI is InChI=1S/C21H21N3O4/c1-14(10-22-21(26)27-13-15-5-3-2-4-6-15)24-20-16(11-23-24)7-8-19-18(20)9-17(12-25)28-19/h2-9,11,14,25H,10,12-13H2,1H3,(H,22,26)/t14-/m0/s1. The maximum Gasteiger partial charge on any atom is 0.407 e. The van der Waals surface area contributed by atoms with E-state index in [1.165, 1.54) is 0 Å². The van der Waals surface area contributed by atoms with Gasteiger partial charge in [0.05, 0.1) is 17.8 Å². The smallest absolute Gasteiger partial charge is 0.407 e. The topological polar surface area (TPSA) is 89.5 Å². The molecular weight excluding hydrogens is 358 g/mol. The van der Waals surface area contributed by atoms with Gasteiger partial charge in [-0.2, -0.15) is 5.10 Å². The lowest BCUT2D eigenvalue weighted by Gasteiger charge is -2.15. The number of aliphatic hydroxyl groups excluding tert-OH is 1. The lowest BCUT2D eigenvalue weighted by Crippen LogP contribution is -2.30. The summed E-state index contributed by atoms with van der Waals surface area (Å²) < 4.78 is 12.7. The SMILES string of the molecule is C[C@@H](CNC(=O)OCc1ccccc1)n1ncc2ccc3oc(CO)cc3c21. The molecule has 7 nitrogen and oxygen atoms in total. The maximum absolute atomic E-state index is 12.0. The van der Waals surface area contributed by atoms with Gasteiger partial charge in [-0.25, -0.2) is 4.79 Å². The number of nitrogens with one attached hydrogen (secondary N) is 1. The second-order valence-electron chi connectivity index (χ2n) is 6.67. The average Bonchev–Trinajstić information content (AvgIpc) is 3.34. The summed E-state index contributed by atoms with van der Waals surface area (Å²) >= 11 is 0. The molecule has 0 spiro atoms. The highest BCUT2D eigenvalue weighted by molar-refractivity contribution is 6.03. The van der Waals surface area contributed by atoms with Crippen molar-refractivity contribution >= 4 is 28.0 Å². The quantitative estimate of drug-likeness (QED) is 0.532. The predicted molar refractivity (Wildman–Crippen MR) is 105 cm³/mol. The number of carbonyl (C=O) groups is 1. The van der Waals surface area contributed by atoms with E-state index in [0.29, 0.717) is 17.9 Å². The number of ether oxygens (including phenoxy) is 1. The summed E-state index contributed by atoms with van der Waals surface area (Å²) in [5, 5.41) is 18.5. The molecule has 1 amide bonds. The number of furan rings is 1. The first kappa shape index (κ1) is 18.1. The van der Waals surface area contributed by atoms with E-state index >= 15 is 0 Å². The Bertz CT molecular complexity index is 1100. The summed E-state index contributed by atoms with van der Waals surface area (Å²) in [6, 6.07) is 15.1. The highest BCUT2D eigenvalue weighted by atomic mass is 16.5. The number of aromatic nitrogens is 2. The molecule has 0 saturated heterocycles. The van der Waals surface area contributed by atoms with Crippen molar-refractivity contribution in [3.05, 3.63) is 66.1 Å². The van der Waals surface area contributed by atoms with Gasteiger partial charge in [-0.3, -0.25) is 4.68 Å². The zero-order valence-corrected chi connectivity index (χ0v) is 15.5. The van der Waals surface area contributed by atoms with Crippen LogP contribution in [0.4, 0.5) is 4.79 Å². The third-order valence-electron chi connectivity index (χ3n) is 4.63. The second kappa shape index (κ2) is 7.74. The monoisotopic (exact) mass is 379 g/mol. The van der Waals surface area contributed by atoms with Crippen LogP contribution in [0.2, 0.25) is 0 Å². The summed E-state index contributed by atoms with van der Waals surface area (Å²) in [5.74, 6) is 0.505. The first-order valence-electron chi connectivity index (χ1n) is 9.10. The Morgan fingerprint density at radius 1 is 1.29 bits per heavy atom. The van der Waals surface area contributed by atoms with Crippen LogP contribution in [0.5, 0.6) is 0 Å². The summed E-state index contributed by atoms with van der Waals surface area (Å²) in [6.07, 6.45) is 1.31. The van der Waals surface area contributed by atoms with Gasteiger partial charge in [0.25, 0.3) is 0 Å². The van der Waals surface area contributed by atoms with Crippen molar-refractivity contribution in [2.75, 3.05) is 6.54 Å². The van der Waals surface area contributed by atoms with E-state index in [9.17, 15) is 9.90 Å². The van der Waals surface area contributed by atoms with Crippen LogP contribution >= 0.6 is 0 Å². The third-order valence-corrected chi connectivity index (χ3v) is 4.63. The van der Waals surface area contributed by atoms with Crippen LogP contribution in [0.25, 0.3) is 21.9 Å².